The molecule has 2 rings (SSSR count). The maximum Gasteiger partial charge on any atom is 0.236 e. The van der Waals surface area contributed by atoms with Gasteiger partial charge >= 0.3 is 0 Å². The van der Waals surface area contributed by atoms with Crippen LogP contribution in [0.15, 0.2) is 12.7 Å². The van der Waals surface area contributed by atoms with Crippen LogP contribution in [-0.2, 0) is 9.59 Å². The molecular weight excluding hydrogens is 214 g/mol. The fraction of sp³-hybridized carbons (Fsp3) is 0.714. The van der Waals surface area contributed by atoms with Gasteiger partial charge in [-0.3, -0.25) is 9.59 Å². The molecule has 1 saturated carbocycles. The third kappa shape index (κ3) is 1.81. The van der Waals surface area contributed by atoms with Gasteiger partial charge in [-0.25, -0.2) is 0 Å². The van der Waals surface area contributed by atoms with Crippen LogP contribution in [0.4, 0.5) is 0 Å². The van der Waals surface area contributed by atoms with Crippen molar-refractivity contribution < 1.29 is 9.59 Å². The average Bonchev–Trinajstić information content (AvgIpc) is 2.47. The van der Waals surface area contributed by atoms with Gasteiger partial charge in [0, 0.05) is 19.5 Å². The molecule has 0 bridgehead atoms. The van der Waals surface area contributed by atoms with Crippen LogP contribution >= 0.6 is 0 Å². The van der Waals surface area contributed by atoms with E-state index in [-0.39, 0.29) is 17.6 Å². The molecule has 0 aromatic carbocycles. The molecule has 0 aromatic rings. The minimum atomic E-state index is -0.695. The van der Waals surface area contributed by atoms with Gasteiger partial charge in [-0.2, -0.15) is 0 Å². The molecule has 0 N–H and O–H groups in total. The van der Waals surface area contributed by atoms with Crippen molar-refractivity contribution in [2.75, 3.05) is 13.1 Å². The molecule has 3 heteroatoms. The quantitative estimate of drug-likeness (QED) is 0.543. The lowest BCUT2D eigenvalue weighted by molar-refractivity contribution is -0.145. The molecule has 1 amide bonds. The largest absolute Gasteiger partial charge is 0.338 e. The van der Waals surface area contributed by atoms with E-state index in [1.807, 2.05) is 6.92 Å². The highest BCUT2D eigenvalue weighted by atomic mass is 16.2. The topological polar surface area (TPSA) is 37.4 Å². The number of likely N-dealkylation sites (tertiary alicyclic amines) is 1. The van der Waals surface area contributed by atoms with Gasteiger partial charge in [0.15, 0.2) is 0 Å². The first kappa shape index (κ1) is 12.3. The molecule has 2 atom stereocenters. The Hall–Kier alpha value is -1.12. The SMILES string of the molecule is C=CCN1C[C@H](C)[C@@]2(CCCCCC2=O)C1=O. The van der Waals surface area contributed by atoms with Crippen LogP contribution < -0.4 is 0 Å². The molecule has 1 spiro atoms. The number of carbonyl (C=O) groups is 2. The van der Waals surface area contributed by atoms with Gasteiger partial charge in [0.05, 0.1) is 0 Å². The summed E-state index contributed by atoms with van der Waals surface area (Å²) < 4.78 is 0. The minimum Gasteiger partial charge on any atom is -0.338 e. The number of carbonyl (C=O) groups excluding carboxylic acids is 2. The summed E-state index contributed by atoms with van der Waals surface area (Å²) >= 11 is 0. The fourth-order valence-corrected chi connectivity index (χ4v) is 3.35. The molecule has 0 radical (unpaired) electrons. The summed E-state index contributed by atoms with van der Waals surface area (Å²) in [5.74, 6) is 0.386. The molecule has 3 nitrogen and oxygen atoms in total. The van der Waals surface area contributed by atoms with Crippen molar-refractivity contribution in [1.82, 2.24) is 4.90 Å². The van der Waals surface area contributed by atoms with E-state index in [0.717, 1.165) is 25.7 Å². The second-order valence-corrected chi connectivity index (χ2v) is 5.36. The highest BCUT2D eigenvalue weighted by molar-refractivity contribution is 6.07. The Labute approximate surface area is 103 Å². The van der Waals surface area contributed by atoms with E-state index in [4.69, 9.17) is 0 Å². The Bertz CT molecular complexity index is 350. The minimum absolute atomic E-state index is 0.0526. The Balaban J connectivity index is 2.30. The van der Waals surface area contributed by atoms with Crippen molar-refractivity contribution >= 4 is 11.7 Å². The lowest BCUT2D eigenvalue weighted by Gasteiger charge is -2.28. The van der Waals surface area contributed by atoms with E-state index < -0.39 is 5.41 Å². The van der Waals surface area contributed by atoms with Crippen molar-refractivity contribution in [3.8, 4) is 0 Å². The number of hydrogen-bond acceptors (Lipinski definition) is 2. The van der Waals surface area contributed by atoms with Gasteiger partial charge in [0.1, 0.15) is 11.2 Å². The van der Waals surface area contributed by atoms with Crippen molar-refractivity contribution in [3.63, 3.8) is 0 Å². The van der Waals surface area contributed by atoms with Gasteiger partial charge < -0.3 is 4.90 Å². The van der Waals surface area contributed by atoms with Crippen LogP contribution in [0, 0.1) is 11.3 Å². The normalized spacial score (nSPS) is 34.2. The fourth-order valence-electron chi connectivity index (χ4n) is 3.35. The first-order valence-corrected chi connectivity index (χ1v) is 6.56. The van der Waals surface area contributed by atoms with Gasteiger partial charge in [0.2, 0.25) is 5.91 Å². The summed E-state index contributed by atoms with van der Waals surface area (Å²) in [4.78, 5) is 26.6. The Kier molecular flexibility index (Phi) is 3.36. The highest BCUT2D eigenvalue weighted by Crippen LogP contribution is 2.45. The second kappa shape index (κ2) is 4.63. The van der Waals surface area contributed by atoms with Gasteiger partial charge in [-0.15, -0.1) is 6.58 Å². The van der Waals surface area contributed by atoms with E-state index in [9.17, 15) is 9.59 Å². The smallest absolute Gasteiger partial charge is 0.236 e. The van der Waals surface area contributed by atoms with E-state index >= 15 is 0 Å². The standard InChI is InChI=1S/C14H21NO2/c1-3-9-15-10-11(2)14(13(15)17)8-6-4-5-7-12(14)16/h3,11H,1,4-10H2,2H3/t11-,14+/m0/s1. The summed E-state index contributed by atoms with van der Waals surface area (Å²) in [5.41, 5.74) is -0.695. The zero-order valence-corrected chi connectivity index (χ0v) is 10.6. The maximum absolute atomic E-state index is 12.5. The summed E-state index contributed by atoms with van der Waals surface area (Å²) in [5, 5.41) is 0. The lowest BCUT2D eigenvalue weighted by atomic mass is 9.71. The Morgan fingerprint density at radius 3 is 2.88 bits per heavy atom. The van der Waals surface area contributed by atoms with Crippen LogP contribution in [0.5, 0.6) is 0 Å². The number of rotatable bonds is 2. The van der Waals surface area contributed by atoms with Gasteiger partial charge in [-0.05, 0) is 18.8 Å². The number of Topliss-reactive ketones (excluding diaryl/α,β-unsaturated/α-hetero) is 1. The van der Waals surface area contributed by atoms with E-state index in [2.05, 4.69) is 6.58 Å². The maximum atomic E-state index is 12.5. The molecular formula is C14H21NO2. The third-order valence-electron chi connectivity index (χ3n) is 4.33. The van der Waals surface area contributed by atoms with E-state index in [1.54, 1.807) is 11.0 Å². The summed E-state index contributed by atoms with van der Waals surface area (Å²) in [7, 11) is 0. The van der Waals surface area contributed by atoms with Crippen molar-refractivity contribution in [2.24, 2.45) is 11.3 Å². The van der Waals surface area contributed by atoms with Crippen molar-refractivity contribution in [2.45, 2.75) is 39.0 Å². The molecule has 1 saturated heterocycles. The number of amides is 1. The van der Waals surface area contributed by atoms with Crippen LogP contribution in [0.25, 0.3) is 0 Å². The highest BCUT2D eigenvalue weighted by Gasteiger charge is 2.55. The van der Waals surface area contributed by atoms with Crippen molar-refractivity contribution in [3.05, 3.63) is 12.7 Å². The number of nitrogens with zero attached hydrogens (tertiary/aromatic N) is 1. The van der Waals surface area contributed by atoms with Crippen LogP contribution in [0.2, 0.25) is 0 Å². The van der Waals surface area contributed by atoms with Gasteiger partial charge in [-0.1, -0.05) is 25.8 Å². The van der Waals surface area contributed by atoms with Crippen LogP contribution in [0.3, 0.4) is 0 Å². The molecule has 1 aliphatic heterocycles. The molecule has 1 aliphatic carbocycles. The number of ketones is 1. The Morgan fingerprint density at radius 1 is 1.41 bits per heavy atom. The second-order valence-electron chi connectivity index (χ2n) is 5.36. The van der Waals surface area contributed by atoms with E-state index in [1.165, 1.54) is 0 Å². The molecule has 1 heterocycles. The van der Waals surface area contributed by atoms with Crippen LogP contribution in [-0.4, -0.2) is 29.7 Å². The first-order chi connectivity index (χ1) is 8.13. The molecule has 0 unspecified atom stereocenters. The van der Waals surface area contributed by atoms with E-state index in [0.29, 0.717) is 19.5 Å². The third-order valence-corrected chi connectivity index (χ3v) is 4.33. The number of hydrogen-bond donors (Lipinski definition) is 0. The Morgan fingerprint density at radius 2 is 2.18 bits per heavy atom. The molecule has 2 fully saturated rings. The zero-order valence-electron chi connectivity index (χ0n) is 10.6. The predicted molar refractivity (Wildman–Crippen MR) is 66.5 cm³/mol. The molecule has 94 valence electrons. The molecule has 2 aliphatic rings. The summed E-state index contributed by atoms with van der Waals surface area (Å²) in [6.07, 6.45) is 6.10. The zero-order chi connectivity index (χ0) is 12.5. The predicted octanol–water partition coefficient (Wildman–Crippen LogP) is 2.17. The van der Waals surface area contributed by atoms with Crippen molar-refractivity contribution in [1.29, 1.82) is 0 Å². The summed E-state index contributed by atoms with van der Waals surface area (Å²) in [6, 6.07) is 0. The molecule has 17 heavy (non-hydrogen) atoms. The monoisotopic (exact) mass is 235 g/mol. The average molecular weight is 235 g/mol. The lowest BCUT2D eigenvalue weighted by Crippen LogP contribution is -2.42. The van der Waals surface area contributed by atoms with Crippen LogP contribution in [0.1, 0.15) is 39.0 Å². The molecule has 0 aromatic heterocycles. The summed E-state index contributed by atoms with van der Waals surface area (Å²) in [6.45, 7) is 6.99. The first-order valence-electron chi connectivity index (χ1n) is 6.56. The van der Waals surface area contributed by atoms with Gasteiger partial charge in [0.25, 0.3) is 0 Å².